The summed E-state index contributed by atoms with van der Waals surface area (Å²) in [5.74, 6) is 0.225. The van der Waals surface area contributed by atoms with Crippen LogP contribution in [0.25, 0.3) is 0 Å². The van der Waals surface area contributed by atoms with Gasteiger partial charge in [0.1, 0.15) is 12.9 Å². The monoisotopic (exact) mass is 397 g/mol. The lowest BCUT2D eigenvalue weighted by atomic mass is 10.2. The number of rotatable bonds is 10. The van der Waals surface area contributed by atoms with E-state index in [1.807, 2.05) is 11.9 Å². The first kappa shape index (κ1) is 23.6. The Bertz CT molecular complexity index is 473. The van der Waals surface area contributed by atoms with Gasteiger partial charge in [-0.2, -0.15) is 13.2 Å². The average molecular weight is 397 g/mol. The lowest BCUT2D eigenvalue weighted by Gasteiger charge is -2.26. The van der Waals surface area contributed by atoms with Crippen LogP contribution in [0.4, 0.5) is 17.6 Å². The first-order valence-electron chi connectivity index (χ1n) is 9.05. The van der Waals surface area contributed by atoms with Crippen LogP contribution in [0.1, 0.15) is 25.7 Å². The number of hydrogen-bond acceptors (Lipinski definition) is 4. The normalized spacial score (nSPS) is 22.6. The van der Waals surface area contributed by atoms with Gasteiger partial charge in [-0.25, -0.2) is 9.38 Å². The van der Waals surface area contributed by atoms with Crippen LogP contribution >= 0.6 is 0 Å². The third-order valence-electron chi connectivity index (χ3n) is 4.41. The lowest BCUT2D eigenvalue weighted by Crippen LogP contribution is -2.44. The molecule has 0 aromatic heterocycles. The summed E-state index contributed by atoms with van der Waals surface area (Å²) in [7, 11) is 5.17. The fourth-order valence-electron chi connectivity index (χ4n) is 3.01. The van der Waals surface area contributed by atoms with Gasteiger partial charge in [0.15, 0.2) is 5.96 Å². The molecule has 0 aliphatic heterocycles. The Morgan fingerprint density at radius 2 is 2.11 bits per heavy atom. The van der Waals surface area contributed by atoms with Crippen LogP contribution in [-0.4, -0.2) is 76.3 Å². The zero-order valence-electron chi connectivity index (χ0n) is 16.2. The molecule has 1 fully saturated rings. The molecule has 1 aliphatic carbocycles. The minimum Gasteiger partial charge on any atom is -0.364 e. The quantitative estimate of drug-likeness (QED) is 0.228. The van der Waals surface area contributed by atoms with Crippen molar-refractivity contribution >= 4 is 5.96 Å². The molecule has 0 saturated heterocycles. The molecule has 1 saturated carbocycles. The molecule has 1 rings (SSSR count). The van der Waals surface area contributed by atoms with E-state index in [1.54, 1.807) is 7.05 Å². The topological polar surface area (TPSA) is 60.9 Å². The van der Waals surface area contributed by atoms with Crippen LogP contribution in [-0.2, 0) is 4.74 Å². The molecular weight excluding hydrogens is 366 g/mol. The number of alkyl halides is 4. The van der Waals surface area contributed by atoms with Crippen molar-refractivity contribution in [1.82, 2.24) is 20.9 Å². The number of allylic oxidation sites excluding steroid dienone is 1. The van der Waals surface area contributed by atoms with Gasteiger partial charge in [0.25, 0.3) is 0 Å². The summed E-state index contributed by atoms with van der Waals surface area (Å²) >= 11 is 0. The van der Waals surface area contributed by atoms with Gasteiger partial charge in [0, 0.05) is 38.0 Å². The van der Waals surface area contributed by atoms with Gasteiger partial charge in [0.05, 0.1) is 0 Å². The molecule has 2 unspecified atom stereocenters. The first-order chi connectivity index (χ1) is 12.7. The summed E-state index contributed by atoms with van der Waals surface area (Å²) in [6, 6.07) is 0.278. The van der Waals surface area contributed by atoms with Gasteiger partial charge < -0.3 is 25.6 Å². The van der Waals surface area contributed by atoms with Gasteiger partial charge in [-0.05, 0) is 46.3 Å². The maximum atomic E-state index is 13.9. The summed E-state index contributed by atoms with van der Waals surface area (Å²) in [5.41, 5.74) is 0. The Kier molecular flexibility index (Phi) is 10.6. The van der Waals surface area contributed by atoms with E-state index < -0.39 is 12.3 Å². The largest absolute Gasteiger partial charge is 0.411 e. The third-order valence-corrected chi connectivity index (χ3v) is 4.41. The minimum absolute atomic E-state index is 0.0511. The number of aliphatic imine (C=N–C) groups is 1. The van der Waals surface area contributed by atoms with E-state index in [0.717, 1.165) is 19.3 Å². The van der Waals surface area contributed by atoms with E-state index in [9.17, 15) is 17.6 Å². The Labute approximate surface area is 158 Å². The summed E-state index contributed by atoms with van der Waals surface area (Å²) < 4.78 is 55.5. The maximum absolute atomic E-state index is 13.9. The van der Waals surface area contributed by atoms with Gasteiger partial charge in [-0.3, -0.25) is 0 Å². The Balaban J connectivity index is 2.53. The molecule has 0 radical (unpaired) electrons. The molecule has 0 bridgehead atoms. The van der Waals surface area contributed by atoms with Gasteiger partial charge in [-0.1, -0.05) is 0 Å². The molecule has 0 aromatic rings. The van der Waals surface area contributed by atoms with Crippen LogP contribution in [0, 0.1) is 0 Å². The molecule has 6 nitrogen and oxygen atoms in total. The van der Waals surface area contributed by atoms with E-state index in [-0.39, 0.29) is 30.9 Å². The van der Waals surface area contributed by atoms with Crippen LogP contribution in [0.5, 0.6) is 0 Å². The molecular formula is C17H31F4N5O. The van der Waals surface area contributed by atoms with Crippen molar-refractivity contribution in [3.8, 4) is 0 Å². The second-order valence-electron chi connectivity index (χ2n) is 6.68. The van der Waals surface area contributed by atoms with Crippen molar-refractivity contribution in [2.45, 2.75) is 50.1 Å². The van der Waals surface area contributed by atoms with Crippen LogP contribution in [0.3, 0.4) is 0 Å². The smallest absolute Gasteiger partial charge is 0.364 e. The van der Waals surface area contributed by atoms with Crippen molar-refractivity contribution < 1.29 is 22.3 Å². The van der Waals surface area contributed by atoms with Crippen molar-refractivity contribution in [2.24, 2.45) is 4.99 Å². The zero-order valence-corrected chi connectivity index (χ0v) is 16.2. The number of hydrogen-bond donors (Lipinski definition) is 3. The molecule has 10 heteroatoms. The molecule has 158 valence electrons. The number of nitrogens with zero attached hydrogens (tertiary/aromatic N) is 2. The Morgan fingerprint density at radius 3 is 2.74 bits per heavy atom. The van der Waals surface area contributed by atoms with E-state index in [2.05, 4.69) is 20.9 Å². The zero-order chi connectivity index (χ0) is 20.3. The van der Waals surface area contributed by atoms with Gasteiger partial charge >= 0.3 is 6.18 Å². The number of nitrogens with one attached hydrogen (secondary N) is 3. The number of guanidine groups is 1. The average Bonchev–Trinajstić information content (AvgIpc) is 3.05. The summed E-state index contributed by atoms with van der Waals surface area (Å²) in [4.78, 5) is 5.81. The molecule has 27 heavy (non-hydrogen) atoms. The molecule has 3 atom stereocenters. The van der Waals surface area contributed by atoms with E-state index in [0.29, 0.717) is 25.7 Å². The highest BCUT2D eigenvalue weighted by molar-refractivity contribution is 5.80. The molecule has 0 aromatic carbocycles. The predicted octanol–water partition coefficient (Wildman–Crippen LogP) is 2.00. The van der Waals surface area contributed by atoms with Crippen molar-refractivity contribution in [2.75, 3.05) is 41.0 Å². The first-order valence-corrected chi connectivity index (χ1v) is 9.05. The second-order valence-corrected chi connectivity index (χ2v) is 6.68. The van der Waals surface area contributed by atoms with Crippen LogP contribution < -0.4 is 16.0 Å². The highest BCUT2D eigenvalue weighted by Crippen LogP contribution is 2.24. The third kappa shape index (κ3) is 10.5. The highest BCUT2D eigenvalue weighted by atomic mass is 19.4. The lowest BCUT2D eigenvalue weighted by molar-refractivity contribution is -0.0799. The molecule has 0 amide bonds. The van der Waals surface area contributed by atoms with Crippen molar-refractivity contribution in [3.05, 3.63) is 12.3 Å². The standard InChI is InChI=1S/C17H31F4N5O/c1-22-8-6-13(18)11-26(2)15-5-4-14(10-15)25-16(24-12-27-3)23-9-7-17(19,20)21/h7,9,13-15,22H,4-6,8,10-12H2,1-3H3,(H2,23,24,25)/b9-7+/t13?,14-,15?/m0/s1. The summed E-state index contributed by atoms with van der Waals surface area (Å²) in [6.45, 7) is 1.13. The molecule has 1 aliphatic rings. The van der Waals surface area contributed by atoms with Gasteiger partial charge in [-0.15, -0.1) is 0 Å². The summed E-state index contributed by atoms with van der Waals surface area (Å²) in [6.07, 6.45) is -1.55. The van der Waals surface area contributed by atoms with E-state index >= 15 is 0 Å². The van der Waals surface area contributed by atoms with Crippen LogP contribution in [0.15, 0.2) is 17.3 Å². The number of ether oxygens (including phenoxy) is 1. The van der Waals surface area contributed by atoms with E-state index in [1.165, 1.54) is 7.11 Å². The fourth-order valence-corrected chi connectivity index (χ4v) is 3.01. The van der Waals surface area contributed by atoms with Crippen molar-refractivity contribution in [3.63, 3.8) is 0 Å². The van der Waals surface area contributed by atoms with Crippen molar-refractivity contribution in [1.29, 1.82) is 0 Å². The van der Waals surface area contributed by atoms with Gasteiger partial charge in [0.2, 0.25) is 0 Å². The second kappa shape index (κ2) is 12.1. The fraction of sp³-hybridized carbons (Fsp3) is 0.824. The summed E-state index contributed by atoms with van der Waals surface area (Å²) in [5, 5.41) is 8.86. The van der Waals surface area contributed by atoms with Crippen LogP contribution in [0.2, 0.25) is 0 Å². The maximum Gasteiger partial charge on any atom is 0.411 e. The molecule has 0 spiro atoms. The SMILES string of the molecule is CNCCC(F)CN(C)C1CC[C@H](N/C(=N/C=C/C(F)(F)F)NCOC)C1. The Hall–Kier alpha value is -1.39. The minimum atomic E-state index is -4.41. The number of methoxy groups -OCH3 is 1. The number of halogens is 4. The highest BCUT2D eigenvalue weighted by Gasteiger charge is 2.29. The molecule has 3 N–H and O–H groups in total. The molecule has 0 heterocycles. The van der Waals surface area contributed by atoms with E-state index in [4.69, 9.17) is 4.74 Å². The Morgan fingerprint density at radius 1 is 1.37 bits per heavy atom. The predicted molar refractivity (Wildman–Crippen MR) is 98.3 cm³/mol.